The Morgan fingerprint density at radius 2 is 1.59 bits per heavy atom. The van der Waals surface area contributed by atoms with E-state index in [0.717, 1.165) is 6.42 Å². The van der Waals surface area contributed by atoms with Crippen LogP contribution in [0.5, 0.6) is 0 Å². The van der Waals surface area contributed by atoms with Crippen molar-refractivity contribution in [3.63, 3.8) is 0 Å². The van der Waals surface area contributed by atoms with Crippen LogP contribution in [-0.4, -0.2) is 32.3 Å². The topological polar surface area (TPSA) is 58.2 Å². The van der Waals surface area contributed by atoms with Crippen molar-refractivity contribution in [1.82, 2.24) is 10.0 Å². The van der Waals surface area contributed by atoms with Crippen LogP contribution in [0.2, 0.25) is 0 Å². The van der Waals surface area contributed by atoms with Crippen molar-refractivity contribution in [3.8, 4) is 0 Å². The van der Waals surface area contributed by atoms with Gasteiger partial charge < -0.3 is 5.32 Å². The molecule has 17 heavy (non-hydrogen) atoms. The summed E-state index contributed by atoms with van der Waals surface area (Å²) in [6, 6.07) is 0.334. The summed E-state index contributed by atoms with van der Waals surface area (Å²) in [4.78, 5) is 0. The molecule has 0 aromatic rings. The van der Waals surface area contributed by atoms with Crippen molar-refractivity contribution in [3.05, 3.63) is 0 Å². The predicted octanol–water partition coefficient (Wildman–Crippen LogP) is 1.73. The first kappa shape index (κ1) is 16.9. The van der Waals surface area contributed by atoms with E-state index in [4.69, 9.17) is 0 Å². The first-order valence-corrected chi connectivity index (χ1v) is 7.99. The summed E-state index contributed by atoms with van der Waals surface area (Å²) in [5, 5.41) is 2.75. The predicted molar refractivity (Wildman–Crippen MR) is 73.6 cm³/mol. The molecule has 5 heteroatoms. The van der Waals surface area contributed by atoms with Gasteiger partial charge in [0.2, 0.25) is 10.0 Å². The van der Waals surface area contributed by atoms with Gasteiger partial charge in [-0.05, 0) is 19.3 Å². The molecule has 2 unspecified atom stereocenters. The highest BCUT2D eigenvalue weighted by molar-refractivity contribution is 7.90. The number of rotatable bonds is 8. The van der Waals surface area contributed by atoms with Gasteiger partial charge in [0.1, 0.15) is 0 Å². The van der Waals surface area contributed by atoms with Crippen molar-refractivity contribution < 1.29 is 8.42 Å². The van der Waals surface area contributed by atoms with Crippen LogP contribution in [-0.2, 0) is 10.0 Å². The quantitative estimate of drug-likeness (QED) is 0.702. The van der Waals surface area contributed by atoms with Gasteiger partial charge in [-0.15, -0.1) is 0 Å². The van der Waals surface area contributed by atoms with Crippen LogP contribution in [0.4, 0.5) is 0 Å². The highest BCUT2D eigenvalue weighted by atomic mass is 32.2. The maximum Gasteiger partial charge on any atom is 0.215 e. The summed E-state index contributed by atoms with van der Waals surface area (Å²) in [7, 11) is -3.22. The summed E-state index contributed by atoms with van der Waals surface area (Å²) in [6.07, 6.45) is 0.821. The molecule has 0 rings (SSSR count). The molecule has 0 aliphatic rings. The Balaban J connectivity index is 4.45. The molecule has 0 spiro atoms. The van der Waals surface area contributed by atoms with E-state index in [0.29, 0.717) is 18.5 Å². The molecule has 0 fully saturated rings. The Hall–Kier alpha value is -0.130. The second-order valence-corrected chi connectivity index (χ2v) is 7.43. The first-order chi connectivity index (χ1) is 7.70. The number of sulfonamides is 1. The Kier molecular flexibility index (Phi) is 7.28. The summed E-state index contributed by atoms with van der Waals surface area (Å²) in [5.74, 6) is 0.319. The normalized spacial score (nSPS) is 16.5. The van der Waals surface area contributed by atoms with E-state index < -0.39 is 15.3 Å². The minimum atomic E-state index is -3.22. The van der Waals surface area contributed by atoms with Crippen LogP contribution in [0, 0.1) is 5.92 Å². The van der Waals surface area contributed by atoms with Gasteiger partial charge in [-0.2, -0.15) is 0 Å². The van der Waals surface area contributed by atoms with Crippen LogP contribution in [0.3, 0.4) is 0 Å². The molecule has 2 N–H and O–H groups in total. The second kappa shape index (κ2) is 7.34. The highest BCUT2D eigenvalue weighted by Gasteiger charge is 2.24. The van der Waals surface area contributed by atoms with Crippen molar-refractivity contribution in [2.75, 3.05) is 6.54 Å². The third kappa shape index (κ3) is 6.38. The summed E-state index contributed by atoms with van der Waals surface area (Å²) in [6.45, 7) is 12.3. The SMILES string of the molecule is CCC(NS(=O)(=O)C(C)CNC(C)C)C(C)C. The zero-order valence-corrected chi connectivity index (χ0v) is 12.8. The molecular weight excluding hydrogens is 236 g/mol. The van der Waals surface area contributed by atoms with E-state index >= 15 is 0 Å². The molecule has 0 heterocycles. The molecule has 0 aromatic heterocycles. The van der Waals surface area contributed by atoms with Crippen molar-refractivity contribution in [2.24, 2.45) is 5.92 Å². The molecule has 0 saturated heterocycles. The monoisotopic (exact) mass is 264 g/mol. The summed E-state index contributed by atoms with van der Waals surface area (Å²) < 4.78 is 26.9. The van der Waals surface area contributed by atoms with Gasteiger partial charge in [0.05, 0.1) is 5.25 Å². The lowest BCUT2D eigenvalue weighted by molar-refractivity contribution is 0.433. The molecule has 0 aromatic carbocycles. The average Bonchev–Trinajstić information content (AvgIpc) is 2.21. The van der Waals surface area contributed by atoms with E-state index in [-0.39, 0.29) is 6.04 Å². The molecule has 0 aliphatic carbocycles. The zero-order chi connectivity index (χ0) is 13.6. The van der Waals surface area contributed by atoms with Gasteiger partial charge in [0.15, 0.2) is 0 Å². The fourth-order valence-electron chi connectivity index (χ4n) is 1.53. The van der Waals surface area contributed by atoms with E-state index in [1.54, 1.807) is 6.92 Å². The van der Waals surface area contributed by atoms with Crippen LogP contribution < -0.4 is 10.0 Å². The van der Waals surface area contributed by atoms with Gasteiger partial charge in [-0.1, -0.05) is 34.6 Å². The Bertz CT molecular complexity index is 300. The third-order valence-electron chi connectivity index (χ3n) is 2.90. The van der Waals surface area contributed by atoms with Crippen LogP contribution >= 0.6 is 0 Å². The number of hydrogen-bond donors (Lipinski definition) is 2. The molecule has 0 saturated carbocycles. The van der Waals surface area contributed by atoms with Gasteiger partial charge in [0.25, 0.3) is 0 Å². The standard InChI is InChI=1S/C12H28N2O2S/c1-7-12(9(2)3)14-17(15,16)11(6)8-13-10(4)5/h9-14H,7-8H2,1-6H3. The van der Waals surface area contributed by atoms with Crippen LogP contribution in [0.25, 0.3) is 0 Å². The van der Waals surface area contributed by atoms with Gasteiger partial charge in [0, 0.05) is 18.6 Å². The zero-order valence-electron chi connectivity index (χ0n) is 11.9. The molecule has 104 valence electrons. The maximum atomic E-state index is 12.1. The molecule has 4 nitrogen and oxygen atoms in total. The van der Waals surface area contributed by atoms with E-state index in [1.165, 1.54) is 0 Å². The third-order valence-corrected chi connectivity index (χ3v) is 4.76. The van der Waals surface area contributed by atoms with Gasteiger partial charge in [-0.3, -0.25) is 0 Å². The van der Waals surface area contributed by atoms with Crippen molar-refractivity contribution in [1.29, 1.82) is 0 Å². The molecule has 0 aliphatic heterocycles. The lowest BCUT2D eigenvalue weighted by atomic mass is 10.0. The number of nitrogens with one attached hydrogen (secondary N) is 2. The lowest BCUT2D eigenvalue weighted by Crippen LogP contribution is -2.46. The largest absolute Gasteiger partial charge is 0.313 e. The fraction of sp³-hybridized carbons (Fsp3) is 1.00. The molecule has 0 bridgehead atoms. The Morgan fingerprint density at radius 1 is 1.06 bits per heavy atom. The molecule has 0 radical (unpaired) electrons. The highest BCUT2D eigenvalue weighted by Crippen LogP contribution is 2.09. The fourth-order valence-corrected chi connectivity index (χ4v) is 2.94. The molecule has 2 atom stereocenters. The molecule has 0 amide bonds. The van der Waals surface area contributed by atoms with Crippen LogP contribution in [0.15, 0.2) is 0 Å². The van der Waals surface area contributed by atoms with Gasteiger partial charge >= 0.3 is 0 Å². The lowest BCUT2D eigenvalue weighted by Gasteiger charge is -2.23. The van der Waals surface area contributed by atoms with Gasteiger partial charge in [-0.25, -0.2) is 13.1 Å². The molecular formula is C12H28N2O2S. The van der Waals surface area contributed by atoms with Crippen molar-refractivity contribution in [2.45, 2.75) is 65.3 Å². The smallest absolute Gasteiger partial charge is 0.215 e. The number of hydrogen-bond acceptors (Lipinski definition) is 3. The van der Waals surface area contributed by atoms with Crippen molar-refractivity contribution >= 4 is 10.0 Å². The van der Waals surface area contributed by atoms with E-state index in [2.05, 4.69) is 10.0 Å². The van der Waals surface area contributed by atoms with Crippen LogP contribution in [0.1, 0.15) is 48.0 Å². The summed E-state index contributed by atoms with van der Waals surface area (Å²) >= 11 is 0. The Labute approximate surface area is 107 Å². The van der Waals surface area contributed by atoms with E-state index in [9.17, 15) is 8.42 Å². The minimum absolute atomic E-state index is 0.0292. The first-order valence-electron chi connectivity index (χ1n) is 6.45. The minimum Gasteiger partial charge on any atom is -0.313 e. The maximum absolute atomic E-state index is 12.1. The second-order valence-electron chi connectivity index (χ2n) is 5.30. The average molecular weight is 264 g/mol. The summed E-state index contributed by atoms with van der Waals surface area (Å²) in [5.41, 5.74) is 0. The Morgan fingerprint density at radius 3 is 1.94 bits per heavy atom. The van der Waals surface area contributed by atoms with E-state index in [1.807, 2.05) is 34.6 Å².